The van der Waals surface area contributed by atoms with Crippen LogP contribution in [0.3, 0.4) is 0 Å². The van der Waals surface area contributed by atoms with Gasteiger partial charge in [0.15, 0.2) is 0 Å². The Kier molecular flexibility index (Phi) is 5.71. The van der Waals surface area contributed by atoms with Crippen molar-refractivity contribution >= 4 is 40.2 Å². The molecule has 0 saturated carbocycles. The van der Waals surface area contributed by atoms with Crippen LogP contribution in [-0.2, 0) is 16.1 Å². The highest BCUT2D eigenvalue weighted by Crippen LogP contribution is 2.34. The van der Waals surface area contributed by atoms with Crippen molar-refractivity contribution in [3.8, 4) is 0 Å². The van der Waals surface area contributed by atoms with E-state index in [1.807, 2.05) is 43.3 Å². The summed E-state index contributed by atoms with van der Waals surface area (Å²) in [7, 11) is 1.44. The molecule has 0 aliphatic carbocycles. The molecule has 1 atom stereocenters. The van der Waals surface area contributed by atoms with Gasteiger partial charge in [0.1, 0.15) is 5.25 Å². The van der Waals surface area contributed by atoms with Gasteiger partial charge in [-0.15, -0.1) is 11.8 Å². The molecule has 0 saturated heterocycles. The van der Waals surface area contributed by atoms with Gasteiger partial charge < -0.3 is 9.30 Å². The molecule has 0 spiro atoms. The van der Waals surface area contributed by atoms with E-state index in [0.29, 0.717) is 0 Å². The second-order valence-corrected chi connectivity index (χ2v) is 7.48. The molecular formula is C20H20ClNO2S. The van der Waals surface area contributed by atoms with Crippen LogP contribution in [0.2, 0.25) is 5.02 Å². The molecule has 0 aliphatic heterocycles. The number of nitrogens with zero attached hydrogens (tertiary/aromatic N) is 1. The summed E-state index contributed by atoms with van der Waals surface area (Å²) in [5.74, 6) is -0.179. The Labute approximate surface area is 156 Å². The average molecular weight is 374 g/mol. The number of benzene rings is 2. The topological polar surface area (TPSA) is 31.2 Å². The number of hydrogen-bond donors (Lipinski definition) is 0. The molecule has 0 aliphatic rings. The number of thioether (sulfide) groups is 1. The largest absolute Gasteiger partial charge is 0.468 e. The van der Waals surface area contributed by atoms with E-state index in [4.69, 9.17) is 16.3 Å². The van der Waals surface area contributed by atoms with Crippen LogP contribution in [0.25, 0.3) is 10.9 Å². The minimum atomic E-state index is -0.195. The first kappa shape index (κ1) is 17.9. The van der Waals surface area contributed by atoms with Crippen molar-refractivity contribution in [3.05, 3.63) is 65.3 Å². The van der Waals surface area contributed by atoms with Gasteiger partial charge in [-0.25, -0.2) is 0 Å². The molecule has 1 heterocycles. The zero-order valence-electron chi connectivity index (χ0n) is 14.2. The summed E-state index contributed by atoms with van der Waals surface area (Å²) in [5.41, 5.74) is 2.33. The van der Waals surface area contributed by atoms with Gasteiger partial charge in [0.25, 0.3) is 0 Å². The van der Waals surface area contributed by atoms with Crippen molar-refractivity contribution in [3.63, 3.8) is 0 Å². The smallest absolute Gasteiger partial charge is 0.319 e. The normalized spacial score (nSPS) is 12.3. The Morgan fingerprint density at radius 1 is 1.20 bits per heavy atom. The molecule has 3 rings (SSSR count). The van der Waals surface area contributed by atoms with Crippen LogP contribution in [0.1, 0.15) is 18.9 Å². The van der Waals surface area contributed by atoms with Crippen molar-refractivity contribution < 1.29 is 9.53 Å². The lowest BCUT2D eigenvalue weighted by atomic mass is 10.2. The summed E-state index contributed by atoms with van der Waals surface area (Å²) < 4.78 is 7.14. The minimum absolute atomic E-state index is 0.179. The first-order valence-corrected chi connectivity index (χ1v) is 9.45. The van der Waals surface area contributed by atoms with Crippen LogP contribution in [0.4, 0.5) is 0 Å². The summed E-state index contributed by atoms with van der Waals surface area (Å²) in [5, 5.41) is 1.70. The molecule has 1 unspecified atom stereocenters. The van der Waals surface area contributed by atoms with Gasteiger partial charge in [0.05, 0.1) is 7.11 Å². The number of halogens is 1. The van der Waals surface area contributed by atoms with E-state index < -0.39 is 0 Å². The standard InChI is InChI=1S/C20H20ClNO2S/c1-3-18(20(23)24-2)25-19-13-22(17-7-5-4-6-16(17)19)12-14-8-10-15(21)11-9-14/h4-11,13,18H,3,12H2,1-2H3. The third-order valence-electron chi connectivity index (χ3n) is 4.12. The zero-order valence-corrected chi connectivity index (χ0v) is 15.8. The highest BCUT2D eigenvalue weighted by molar-refractivity contribution is 8.00. The third-order valence-corrected chi connectivity index (χ3v) is 5.76. The molecule has 130 valence electrons. The number of methoxy groups -OCH3 is 1. The van der Waals surface area contributed by atoms with Crippen LogP contribution in [0.5, 0.6) is 0 Å². The van der Waals surface area contributed by atoms with E-state index in [-0.39, 0.29) is 11.2 Å². The molecule has 0 radical (unpaired) electrons. The molecule has 0 amide bonds. The summed E-state index contributed by atoms with van der Waals surface area (Å²) in [6.45, 7) is 2.76. The van der Waals surface area contributed by atoms with Crippen LogP contribution >= 0.6 is 23.4 Å². The van der Waals surface area contributed by atoms with Gasteiger partial charge in [-0.3, -0.25) is 4.79 Å². The SMILES string of the molecule is CCC(Sc1cn(Cc2ccc(Cl)cc2)c2ccccc12)C(=O)OC. The predicted octanol–water partition coefficient (Wildman–Crippen LogP) is 5.39. The minimum Gasteiger partial charge on any atom is -0.468 e. The van der Waals surface area contributed by atoms with E-state index >= 15 is 0 Å². The maximum atomic E-state index is 12.0. The van der Waals surface area contributed by atoms with Gasteiger partial charge >= 0.3 is 5.97 Å². The van der Waals surface area contributed by atoms with Crippen molar-refractivity contribution in [2.45, 2.75) is 30.0 Å². The second-order valence-electron chi connectivity index (χ2n) is 5.80. The molecule has 0 fully saturated rings. The maximum Gasteiger partial charge on any atom is 0.319 e. The van der Waals surface area contributed by atoms with E-state index in [0.717, 1.165) is 33.8 Å². The highest BCUT2D eigenvalue weighted by Gasteiger charge is 2.21. The fourth-order valence-corrected chi connectivity index (χ4v) is 4.09. The van der Waals surface area contributed by atoms with Crippen LogP contribution < -0.4 is 0 Å². The van der Waals surface area contributed by atoms with Crippen LogP contribution in [0.15, 0.2) is 59.6 Å². The van der Waals surface area contributed by atoms with Gasteiger partial charge in [0, 0.05) is 33.6 Å². The summed E-state index contributed by atoms with van der Waals surface area (Å²) in [6.07, 6.45) is 2.85. The second kappa shape index (κ2) is 7.98. The lowest BCUT2D eigenvalue weighted by Gasteiger charge is -2.11. The van der Waals surface area contributed by atoms with Crippen molar-refractivity contribution in [1.82, 2.24) is 4.57 Å². The fraction of sp³-hybridized carbons (Fsp3) is 0.250. The average Bonchev–Trinajstić information content (AvgIpc) is 2.98. The van der Waals surface area contributed by atoms with Crippen molar-refractivity contribution in [1.29, 1.82) is 0 Å². The molecule has 3 nitrogen and oxygen atoms in total. The van der Waals surface area contributed by atoms with Crippen molar-refractivity contribution in [2.75, 3.05) is 7.11 Å². The van der Waals surface area contributed by atoms with E-state index in [2.05, 4.69) is 22.9 Å². The molecule has 0 N–H and O–H groups in total. The van der Waals surface area contributed by atoms with Gasteiger partial charge in [0.2, 0.25) is 0 Å². The summed E-state index contributed by atoms with van der Waals surface area (Å²) in [6, 6.07) is 16.1. The van der Waals surface area contributed by atoms with Gasteiger partial charge in [-0.1, -0.05) is 48.9 Å². The zero-order chi connectivity index (χ0) is 17.8. The number of rotatable bonds is 6. The number of fused-ring (bicyclic) bond motifs is 1. The van der Waals surface area contributed by atoms with Crippen LogP contribution in [0, 0.1) is 0 Å². The maximum absolute atomic E-state index is 12.0. The Balaban J connectivity index is 1.94. The number of esters is 1. The Morgan fingerprint density at radius 2 is 1.92 bits per heavy atom. The number of para-hydroxylation sites is 1. The molecule has 3 aromatic rings. The first-order chi connectivity index (χ1) is 12.1. The van der Waals surface area contributed by atoms with Crippen LogP contribution in [-0.4, -0.2) is 22.9 Å². The highest BCUT2D eigenvalue weighted by atomic mass is 35.5. The van der Waals surface area contributed by atoms with E-state index in [1.54, 1.807) is 11.8 Å². The van der Waals surface area contributed by atoms with E-state index in [1.165, 1.54) is 12.7 Å². The number of ether oxygens (including phenoxy) is 1. The molecular weight excluding hydrogens is 354 g/mol. The number of hydrogen-bond acceptors (Lipinski definition) is 3. The molecule has 0 bridgehead atoms. The Morgan fingerprint density at radius 3 is 2.60 bits per heavy atom. The summed E-state index contributed by atoms with van der Waals surface area (Å²) in [4.78, 5) is 13.0. The lowest BCUT2D eigenvalue weighted by Crippen LogP contribution is -2.17. The predicted molar refractivity (Wildman–Crippen MR) is 104 cm³/mol. The third kappa shape index (κ3) is 4.02. The van der Waals surface area contributed by atoms with E-state index in [9.17, 15) is 4.79 Å². The first-order valence-electron chi connectivity index (χ1n) is 8.19. The van der Waals surface area contributed by atoms with Gasteiger partial charge in [-0.2, -0.15) is 0 Å². The van der Waals surface area contributed by atoms with Crippen molar-refractivity contribution in [2.24, 2.45) is 0 Å². The number of aromatic nitrogens is 1. The Bertz CT molecular complexity index is 873. The number of carbonyl (C=O) groups is 1. The lowest BCUT2D eigenvalue weighted by molar-refractivity contribution is -0.140. The molecule has 2 aromatic carbocycles. The van der Waals surface area contributed by atoms with Gasteiger partial charge in [-0.05, 0) is 30.2 Å². The quantitative estimate of drug-likeness (QED) is 0.429. The Hall–Kier alpha value is -1.91. The molecule has 5 heteroatoms. The monoisotopic (exact) mass is 373 g/mol. The fourth-order valence-electron chi connectivity index (χ4n) is 2.81. The molecule has 1 aromatic heterocycles. The summed E-state index contributed by atoms with van der Waals surface area (Å²) >= 11 is 7.54. The molecule has 25 heavy (non-hydrogen) atoms. The number of carbonyl (C=O) groups excluding carboxylic acids is 1.